The molecule has 1 aliphatic rings. The zero-order valence-electron chi connectivity index (χ0n) is 20.2. The zero-order chi connectivity index (χ0) is 27.1. The van der Waals surface area contributed by atoms with Crippen molar-refractivity contribution in [3.05, 3.63) is 103 Å². The van der Waals surface area contributed by atoms with Gasteiger partial charge in [0.2, 0.25) is 21.8 Å². The lowest BCUT2D eigenvalue weighted by atomic mass is 10.2. The van der Waals surface area contributed by atoms with Gasteiger partial charge >= 0.3 is 0 Å². The highest BCUT2D eigenvalue weighted by Crippen LogP contribution is 2.32. The van der Waals surface area contributed by atoms with Gasteiger partial charge in [0.05, 0.1) is 29.8 Å². The number of anilines is 1. The Morgan fingerprint density at radius 3 is 2.38 bits per heavy atom. The van der Waals surface area contributed by atoms with E-state index >= 15 is 0 Å². The molecule has 3 aromatic carbocycles. The monoisotopic (exact) mass is 545 g/mol. The first-order valence-corrected chi connectivity index (χ1v) is 13.4. The van der Waals surface area contributed by atoms with Crippen molar-refractivity contribution in [2.24, 2.45) is 0 Å². The number of amides is 2. The molecule has 1 unspecified atom stereocenters. The van der Waals surface area contributed by atoms with Crippen LogP contribution in [-0.4, -0.2) is 35.6 Å². The van der Waals surface area contributed by atoms with Crippen LogP contribution < -0.4 is 4.90 Å². The van der Waals surface area contributed by atoms with Crippen LogP contribution in [0.25, 0.3) is 22.6 Å². The van der Waals surface area contributed by atoms with Crippen LogP contribution in [0, 0.1) is 5.82 Å². The van der Waals surface area contributed by atoms with Gasteiger partial charge in [0.25, 0.3) is 5.91 Å². The van der Waals surface area contributed by atoms with E-state index in [1.165, 1.54) is 6.26 Å². The number of rotatable bonds is 7. The van der Waals surface area contributed by atoms with Crippen LogP contribution in [-0.2, 0) is 26.2 Å². The summed E-state index contributed by atoms with van der Waals surface area (Å²) in [4.78, 5) is 31.8. The third-order valence-electron chi connectivity index (χ3n) is 6.45. The van der Waals surface area contributed by atoms with Gasteiger partial charge in [-0.1, -0.05) is 12.1 Å². The van der Waals surface area contributed by atoms with E-state index in [4.69, 9.17) is 8.83 Å². The van der Waals surface area contributed by atoms with E-state index in [-0.39, 0.29) is 29.3 Å². The van der Waals surface area contributed by atoms with E-state index in [9.17, 15) is 22.4 Å². The number of para-hydroxylation sites is 2. The molecule has 0 bridgehead atoms. The van der Waals surface area contributed by atoms with E-state index in [1.54, 1.807) is 42.5 Å². The summed E-state index contributed by atoms with van der Waals surface area (Å²) in [5.74, 6) is -1.20. The average molecular weight is 546 g/mol. The molecule has 5 aromatic rings. The average Bonchev–Trinajstić information content (AvgIpc) is 3.67. The zero-order valence-corrected chi connectivity index (χ0v) is 21.0. The highest BCUT2D eigenvalue weighted by atomic mass is 32.2. The number of oxazole rings is 1. The van der Waals surface area contributed by atoms with E-state index in [0.717, 1.165) is 33.5 Å². The number of hydrogen-bond acceptors (Lipinski definition) is 7. The number of benzene rings is 3. The van der Waals surface area contributed by atoms with Crippen molar-refractivity contribution in [1.29, 1.82) is 0 Å². The minimum atomic E-state index is -4.31. The fourth-order valence-electron chi connectivity index (χ4n) is 4.52. The predicted molar refractivity (Wildman–Crippen MR) is 138 cm³/mol. The van der Waals surface area contributed by atoms with Crippen molar-refractivity contribution in [3.63, 3.8) is 0 Å². The summed E-state index contributed by atoms with van der Waals surface area (Å²) < 4.78 is 52.7. The van der Waals surface area contributed by atoms with E-state index in [2.05, 4.69) is 4.98 Å². The van der Waals surface area contributed by atoms with Crippen LogP contribution in [0.2, 0.25) is 0 Å². The molecule has 1 saturated heterocycles. The van der Waals surface area contributed by atoms with Crippen molar-refractivity contribution in [2.75, 3.05) is 4.90 Å². The second-order valence-corrected chi connectivity index (χ2v) is 10.8. The second kappa shape index (κ2) is 9.61. The van der Waals surface area contributed by atoms with Crippen molar-refractivity contribution in [3.8, 4) is 11.5 Å². The maximum Gasteiger partial charge on any atom is 0.252 e. The minimum absolute atomic E-state index is 0.211. The third kappa shape index (κ3) is 4.51. The molecule has 0 N–H and O–H groups in total. The second-order valence-electron chi connectivity index (χ2n) is 8.90. The summed E-state index contributed by atoms with van der Waals surface area (Å²) in [7, 11) is -4.31. The van der Waals surface area contributed by atoms with Crippen LogP contribution in [0.15, 0.2) is 105 Å². The maximum atomic E-state index is 13.6. The van der Waals surface area contributed by atoms with Crippen LogP contribution in [0.5, 0.6) is 0 Å². The SMILES string of the molecule is O=C1CC(N(Cc2ccco2)S(=O)(=O)c2ccc(F)cc2)C(=O)N1c1ccc(-c2nc3ccccc3o2)cc1. The summed E-state index contributed by atoms with van der Waals surface area (Å²) in [5, 5.41) is 0. The molecular weight excluding hydrogens is 525 g/mol. The fourth-order valence-corrected chi connectivity index (χ4v) is 6.07. The van der Waals surface area contributed by atoms with Crippen molar-refractivity contribution >= 4 is 38.6 Å². The first-order valence-electron chi connectivity index (χ1n) is 11.9. The highest BCUT2D eigenvalue weighted by Gasteiger charge is 2.47. The predicted octanol–water partition coefficient (Wildman–Crippen LogP) is 4.75. The maximum absolute atomic E-state index is 13.6. The number of carbonyl (C=O) groups is 2. The van der Waals surface area contributed by atoms with Crippen molar-refractivity contribution < 1.29 is 31.2 Å². The van der Waals surface area contributed by atoms with Gasteiger partial charge in [0, 0.05) is 5.56 Å². The number of nitrogens with zero attached hydrogens (tertiary/aromatic N) is 3. The van der Waals surface area contributed by atoms with Gasteiger partial charge in [-0.3, -0.25) is 9.59 Å². The van der Waals surface area contributed by atoms with Crippen molar-refractivity contribution in [2.45, 2.75) is 23.9 Å². The molecule has 1 atom stereocenters. The van der Waals surface area contributed by atoms with Gasteiger partial charge in [-0.05, 0) is 72.8 Å². The quantitative estimate of drug-likeness (QED) is 0.271. The Balaban J connectivity index is 1.31. The summed E-state index contributed by atoms with van der Waals surface area (Å²) in [6.45, 7) is -0.291. The third-order valence-corrected chi connectivity index (χ3v) is 8.32. The smallest absolute Gasteiger partial charge is 0.252 e. The molecule has 1 aliphatic heterocycles. The normalized spacial score (nSPS) is 16.1. The number of hydrogen-bond donors (Lipinski definition) is 0. The Kier molecular flexibility index (Phi) is 6.09. The molecule has 196 valence electrons. The molecule has 6 rings (SSSR count). The van der Waals surface area contributed by atoms with Crippen LogP contribution in [0.3, 0.4) is 0 Å². The summed E-state index contributed by atoms with van der Waals surface area (Å²) in [6, 6.07) is 19.9. The molecule has 1 fully saturated rings. The lowest BCUT2D eigenvalue weighted by Gasteiger charge is -2.26. The Morgan fingerprint density at radius 2 is 1.69 bits per heavy atom. The Bertz CT molecular complexity index is 1750. The molecular formula is C28H20FN3O6S. The summed E-state index contributed by atoms with van der Waals surface area (Å²) in [5.41, 5.74) is 2.25. The Labute approximate surface area is 222 Å². The van der Waals surface area contributed by atoms with Gasteiger partial charge in [0.15, 0.2) is 5.58 Å². The van der Waals surface area contributed by atoms with Gasteiger partial charge in [0.1, 0.15) is 23.1 Å². The molecule has 11 heteroatoms. The van der Waals surface area contributed by atoms with E-state index < -0.39 is 33.7 Å². The number of aromatic nitrogens is 1. The Morgan fingerprint density at radius 1 is 0.949 bits per heavy atom. The number of sulfonamides is 1. The molecule has 3 heterocycles. The Hall–Kier alpha value is -4.61. The fraction of sp³-hybridized carbons (Fsp3) is 0.107. The number of imide groups is 1. The molecule has 2 amide bonds. The number of halogens is 1. The van der Waals surface area contributed by atoms with Crippen molar-refractivity contribution in [1.82, 2.24) is 9.29 Å². The number of fused-ring (bicyclic) bond motifs is 1. The molecule has 0 spiro atoms. The van der Waals surface area contributed by atoms with Gasteiger partial charge < -0.3 is 8.83 Å². The lowest BCUT2D eigenvalue weighted by Crippen LogP contribution is -2.45. The van der Waals surface area contributed by atoms with E-state index in [1.807, 2.05) is 18.2 Å². The number of furan rings is 1. The van der Waals surface area contributed by atoms with Crippen LogP contribution >= 0.6 is 0 Å². The first-order chi connectivity index (χ1) is 18.8. The van der Waals surface area contributed by atoms with Gasteiger partial charge in [-0.25, -0.2) is 22.7 Å². The van der Waals surface area contributed by atoms with Crippen LogP contribution in [0.1, 0.15) is 12.2 Å². The largest absolute Gasteiger partial charge is 0.468 e. The number of carbonyl (C=O) groups excluding carboxylic acids is 2. The molecule has 2 aromatic heterocycles. The van der Waals surface area contributed by atoms with E-state index in [0.29, 0.717) is 22.6 Å². The highest BCUT2D eigenvalue weighted by molar-refractivity contribution is 7.89. The molecule has 9 nitrogen and oxygen atoms in total. The summed E-state index contributed by atoms with van der Waals surface area (Å²) in [6.07, 6.45) is 1.01. The summed E-state index contributed by atoms with van der Waals surface area (Å²) >= 11 is 0. The molecule has 0 saturated carbocycles. The molecule has 0 aliphatic carbocycles. The van der Waals surface area contributed by atoms with Crippen LogP contribution in [0.4, 0.5) is 10.1 Å². The van der Waals surface area contributed by atoms with Gasteiger partial charge in [-0.2, -0.15) is 4.31 Å². The minimum Gasteiger partial charge on any atom is -0.468 e. The topological polar surface area (TPSA) is 114 Å². The lowest BCUT2D eigenvalue weighted by molar-refractivity contribution is -0.122. The first kappa shape index (κ1) is 24.7. The standard InChI is InChI=1S/C28H20FN3O6S/c29-19-9-13-22(14-10-19)39(35,36)31(17-21-4-3-15-37-21)24-16-26(33)32(28(24)34)20-11-7-18(8-12-20)27-30-23-5-1-2-6-25(23)38-27/h1-15,24H,16-17H2. The molecule has 39 heavy (non-hydrogen) atoms. The molecule has 0 radical (unpaired) electrons. The van der Waals surface area contributed by atoms with Gasteiger partial charge in [-0.15, -0.1) is 0 Å².